The van der Waals surface area contributed by atoms with Gasteiger partial charge in [0.2, 0.25) is 6.33 Å². The van der Waals surface area contributed by atoms with Crippen LogP contribution in [0.5, 0.6) is 0 Å². The monoisotopic (exact) mass is 656 g/mol. The van der Waals surface area contributed by atoms with E-state index in [0.29, 0.717) is 23.7 Å². The van der Waals surface area contributed by atoms with Crippen molar-refractivity contribution in [3.8, 4) is 5.69 Å². The summed E-state index contributed by atoms with van der Waals surface area (Å²) in [7, 11) is 0. The number of halogens is 2. The van der Waals surface area contributed by atoms with Gasteiger partial charge < -0.3 is 34.0 Å². The Hall–Kier alpha value is -2.18. The minimum absolute atomic E-state index is 0. The molecule has 0 aliphatic heterocycles. The van der Waals surface area contributed by atoms with Crippen molar-refractivity contribution < 1.29 is 43.1 Å². The van der Waals surface area contributed by atoms with Crippen molar-refractivity contribution in [3.63, 3.8) is 0 Å². The third-order valence-corrected chi connectivity index (χ3v) is 7.90. The van der Waals surface area contributed by atoms with Crippen LogP contribution in [0.2, 0.25) is 0 Å². The van der Waals surface area contributed by atoms with Gasteiger partial charge in [-0.2, -0.15) is 9.13 Å². The lowest BCUT2D eigenvalue weighted by Crippen LogP contribution is -3.00. The van der Waals surface area contributed by atoms with Crippen molar-refractivity contribution >= 4 is 0 Å². The first-order valence-electron chi connectivity index (χ1n) is 14.0. The number of aromatic nitrogens is 4. The van der Waals surface area contributed by atoms with E-state index < -0.39 is 5.66 Å². The van der Waals surface area contributed by atoms with Gasteiger partial charge in [-0.3, -0.25) is 4.98 Å². The van der Waals surface area contributed by atoms with Crippen LogP contribution in [0, 0.1) is 0 Å². The number of nitrogens with one attached hydrogen (secondary N) is 1. The summed E-state index contributed by atoms with van der Waals surface area (Å²) >= 11 is 0. The van der Waals surface area contributed by atoms with Crippen LogP contribution in [0.15, 0.2) is 73.8 Å². The van der Waals surface area contributed by atoms with E-state index in [0.717, 1.165) is 6.42 Å². The molecule has 0 fully saturated rings. The van der Waals surface area contributed by atoms with Crippen LogP contribution in [0.1, 0.15) is 120 Å². The van der Waals surface area contributed by atoms with Gasteiger partial charge in [0.05, 0.1) is 5.56 Å². The van der Waals surface area contributed by atoms with Gasteiger partial charge >= 0.3 is 0 Å². The molecular weight excluding hydrogens is 612 g/mol. The zero-order chi connectivity index (χ0) is 26.9. The third-order valence-electron chi connectivity index (χ3n) is 7.90. The van der Waals surface area contributed by atoms with Gasteiger partial charge in [-0.05, 0) is 34.8 Å². The van der Waals surface area contributed by atoms with Gasteiger partial charge in [0.25, 0.3) is 12.0 Å². The number of para-hydroxylation sites is 1. The fourth-order valence-corrected chi connectivity index (χ4v) is 5.98. The molecule has 0 amide bonds. The van der Waals surface area contributed by atoms with Crippen molar-refractivity contribution in [2.24, 2.45) is 0 Å². The first-order chi connectivity index (χ1) is 17.6. The molecule has 0 aliphatic carbocycles. The number of hydrogen-bond donors (Lipinski definition) is 1. The molecule has 6 heteroatoms. The van der Waals surface area contributed by atoms with E-state index in [2.05, 4.69) is 149 Å². The van der Waals surface area contributed by atoms with E-state index >= 15 is 0 Å². The first kappa shape index (κ1) is 33.0. The van der Waals surface area contributed by atoms with Crippen molar-refractivity contribution in [2.75, 3.05) is 0 Å². The summed E-state index contributed by atoms with van der Waals surface area (Å²) in [5.41, 5.74) is 7.91. The molecule has 1 unspecified atom stereocenters. The van der Waals surface area contributed by atoms with Crippen LogP contribution in [0.4, 0.5) is 0 Å². The van der Waals surface area contributed by atoms with Crippen LogP contribution in [0.3, 0.4) is 0 Å². The molecule has 1 atom stereocenters. The Bertz CT molecular complexity index is 1280. The van der Waals surface area contributed by atoms with Crippen LogP contribution >= 0.6 is 0 Å². The molecule has 4 nitrogen and oxygen atoms in total. The number of rotatable bonds is 9. The minimum atomic E-state index is -0.406. The molecule has 212 valence electrons. The lowest BCUT2D eigenvalue weighted by molar-refractivity contribution is -0.983. The molecule has 0 saturated heterocycles. The van der Waals surface area contributed by atoms with Crippen LogP contribution in [-0.2, 0) is 5.66 Å². The molecule has 2 aromatic heterocycles. The molecular formula is C33H46Br2N4. The van der Waals surface area contributed by atoms with Crippen LogP contribution in [0.25, 0.3) is 5.69 Å². The second-order valence-electron chi connectivity index (χ2n) is 11.6. The lowest BCUT2D eigenvalue weighted by atomic mass is 9.80. The normalized spacial score (nSPS) is 13.1. The number of aromatic amines is 1. The summed E-state index contributed by atoms with van der Waals surface area (Å²) in [5.74, 6) is 1.70. The zero-order valence-electron chi connectivity index (χ0n) is 25.0. The molecule has 0 bridgehead atoms. The number of H-pyrrole nitrogens is 1. The smallest absolute Gasteiger partial charge is 0.278 e. The van der Waals surface area contributed by atoms with E-state index in [4.69, 9.17) is 0 Å². The number of nitrogens with zero attached hydrogens (tertiary/aromatic N) is 3. The molecule has 0 radical (unpaired) electrons. The largest absolute Gasteiger partial charge is 1.00 e. The Labute approximate surface area is 257 Å². The number of benzene rings is 2. The van der Waals surface area contributed by atoms with Gasteiger partial charge in [-0.25, -0.2) is 4.57 Å². The number of imidazole rings is 2. The molecule has 0 spiro atoms. The fraction of sp³-hybridized carbons (Fsp3) is 0.455. The van der Waals surface area contributed by atoms with Crippen LogP contribution < -0.4 is 43.1 Å². The Morgan fingerprint density at radius 3 is 1.62 bits per heavy atom. The van der Waals surface area contributed by atoms with Gasteiger partial charge in [0.1, 0.15) is 30.5 Å². The molecule has 1 N–H and O–H groups in total. The molecule has 39 heavy (non-hydrogen) atoms. The summed E-state index contributed by atoms with van der Waals surface area (Å²) in [5, 5.41) is 0. The maximum Gasteiger partial charge on any atom is 0.278 e. The predicted octanol–water partition coefficient (Wildman–Crippen LogP) is 1.54. The third kappa shape index (κ3) is 5.97. The van der Waals surface area contributed by atoms with Gasteiger partial charge in [-0.1, -0.05) is 98.7 Å². The summed E-state index contributed by atoms with van der Waals surface area (Å²) in [6, 6.07) is 13.7. The van der Waals surface area contributed by atoms with E-state index in [1.54, 1.807) is 0 Å². The predicted molar refractivity (Wildman–Crippen MR) is 153 cm³/mol. The molecule has 2 heterocycles. The highest BCUT2D eigenvalue weighted by molar-refractivity contribution is 5.51. The summed E-state index contributed by atoms with van der Waals surface area (Å²) < 4.78 is 7.16. The second-order valence-corrected chi connectivity index (χ2v) is 11.6. The Balaban J connectivity index is 0.00000267. The average Bonchev–Trinajstić information content (AvgIpc) is 3.58. The Morgan fingerprint density at radius 1 is 0.718 bits per heavy atom. The first-order valence-corrected chi connectivity index (χ1v) is 14.0. The van der Waals surface area contributed by atoms with Crippen molar-refractivity contribution in [1.29, 1.82) is 0 Å². The topological polar surface area (TPSA) is 28.5 Å². The quantitative estimate of drug-likeness (QED) is 0.265. The van der Waals surface area contributed by atoms with Crippen molar-refractivity contribution in [2.45, 2.75) is 98.1 Å². The lowest BCUT2D eigenvalue weighted by Gasteiger charge is -2.32. The van der Waals surface area contributed by atoms with Gasteiger partial charge in [-0.15, -0.1) is 0 Å². The highest BCUT2D eigenvalue weighted by Crippen LogP contribution is 2.37. The standard InChI is InChI=1S/C33H45N4.2BrH/c1-10-33(36-18-17-34-21-36,31-27(23(2)3)13-11-14-28(31)24(4)5)37-20-19-35(22-37)32-29(25(6)7)15-12-16-30(32)26(8)9;;/h11-26H,10H2,1-9H3;2*1H/q+1;;/p-1. The number of hydrogen-bond acceptors (Lipinski definition) is 0. The summed E-state index contributed by atoms with van der Waals surface area (Å²) in [4.78, 5) is 3.34. The second kappa shape index (κ2) is 13.5. The molecule has 4 rings (SSSR count). The van der Waals surface area contributed by atoms with E-state index in [1.165, 1.54) is 33.5 Å². The highest BCUT2D eigenvalue weighted by Gasteiger charge is 2.47. The van der Waals surface area contributed by atoms with E-state index in [-0.39, 0.29) is 34.0 Å². The summed E-state index contributed by atoms with van der Waals surface area (Å²) in [6.45, 7) is 20.7. The van der Waals surface area contributed by atoms with Gasteiger partial charge in [0, 0.05) is 17.5 Å². The molecule has 4 aromatic rings. The van der Waals surface area contributed by atoms with E-state index in [9.17, 15) is 0 Å². The molecule has 0 aliphatic rings. The zero-order valence-corrected chi connectivity index (χ0v) is 28.2. The van der Waals surface area contributed by atoms with Crippen molar-refractivity contribution in [3.05, 3.63) is 102 Å². The Morgan fingerprint density at radius 2 is 1.21 bits per heavy atom. The fourth-order valence-electron chi connectivity index (χ4n) is 5.98. The Kier molecular flexibility index (Phi) is 11.4. The van der Waals surface area contributed by atoms with Gasteiger partial charge in [0.15, 0.2) is 0 Å². The maximum absolute atomic E-state index is 3.34. The molecule has 0 saturated carbocycles. The maximum atomic E-state index is 3.34. The average molecular weight is 659 g/mol. The summed E-state index contributed by atoms with van der Waals surface area (Å²) in [6.07, 6.45) is 14.1. The van der Waals surface area contributed by atoms with E-state index in [1.807, 2.05) is 6.20 Å². The molecule has 2 aromatic carbocycles. The SMILES string of the molecule is CCC(c1c(C(C)C)cccc1C(C)C)([n+]1cc[nH]c1)[n+]1ccn(-c2c(C(C)C)cccc2C(C)C)c1.[Br-].[Br-]. The van der Waals surface area contributed by atoms with Crippen LogP contribution in [-0.4, -0.2) is 9.55 Å². The minimum Gasteiger partial charge on any atom is -1.00 e. The highest BCUT2D eigenvalue weighted by atomic mass is 79.9. The van der Waals surface area contributed by atoms with Crippen molar-refractivity contribution in [1.82, 2.24) is 9.55 Å².